The fourth-order valence-corrected chi connectivity index (χ4v) is 10.1. The van der Waals surface area contributed by atoms with E-state index in [-0.39, 0.29) is 5.41 Å². The monoisotopic (exact) mass is 1150 g/mol. The highest BCUT2D eigenvalue weighted by molar-refractivity contribution is 7.91. The molecule has 0 saturated carbocycles. The molecule has 0 bridgehead atoms. The lowest BCUT2D eigenvalue weighted by Crippen LogP contribution is -2.18. The molecule has 0 unspecified atom stereocenters. The van der Waals surface area contributed by atoms with Crippen LogP contribution in [0.4, 0.5) is 0 Å². The van der Waals surface area contributed by atoms with Gasteiger partial charge in [0.25, 0.3) is 0 Å². The summed E-state index contributed by atoms with van der Waals surface area (Å²) in [6, 6.07) is 90.8. The zero-order valence-corrected chi connectivity index (χ0v) is 54.1. The summed E-state index contributed by atoms with van der Waals surface area (Å²) in [6.07, 6.45) is 1.03. The molecule has 11 aromatic rings. The summed E-state index contributed by atoms with van der Waals surface area (Å²) in [5, 5.41) is 0. The number of hydrogen-bond donors (Lipinski definition) is 0. The number of benzene rings is 11. The number of rotatable bonds is 9. The third-order valence-corrected chi connectivity index (χ3v) is 16.6. The van der Waals surface area contributed by atoms with E-state index in [1.165, 1.54) is 89.0 Å². The van der Waals surface area contributed by atoms with E-state index >= 15 is 0 Å². The van der Waals surface area contributed by atoms with Crippen LogP contribution in [0.3, 0.4) is 0 Å². The highest BCUT2D eigenvalue weighted by atomic mass is 32.2. The van der Waals surface area contributed by atoms with Crippen molar-refractivity contribution in [3.63, 3.8) is 0 Å². The summed E-state index contributed by atoms with van der Waals surface area (Å²) in [7, 11) is -3.37. The minimum absolute atomic E-state index is 0.0708. The summed E-state index contributed by atoms with van der Waals surface area (Å²) >= 11 is 0. The highest BCUT2D eigenvalue weighted by Gasteiger charge is 2.22. The lowest BCUT2D eigenvalue weighted by Gasteiger charge is -2.26. The maximum Gasteiger partial charge on any atom is 0.206 e. The van der Waals surface area contributed by atoms with Crippen molar-refractivity contribution >= 4 is 9.84 Å². The molecular formula is C82H88O3S. The van der Waals surface area contributed by atoms with E-state index in [0.717, 1.165) is 29.0 Å². The van der Waals surface area contributed by atoms with Crippen molar-refractivity contribution in [3.05, 3.63) is 356 Å². The molecule has 3 nitrogen and oxygen atoms in total. The Balaban J connectivity index is 0.000000167. The fourth-order valence-electron chi connectivity index (χ4n) is 8.80. The summed E-state index contributed by atoms with van der Waals surface area (Å²) in [4.78, 5) is 0.680. The summed E-state index contributed by atoms with van der Waals surface area (Å²) in [6.45, 7) is 29.5. The first-order valence-electron chi connectivity index (χ1n) is 29.6. The van der Waals surface area contributed by atoms with Gasteiger partial charge in [0.1, 0.15) is 11.5 Å². The second-order valence-corrected chi connectivity index (χ2v) is 25.2. The predicted molar refractivity (Wildman–Crippen MR) is 367 cm³/mol. The van der Waals surface area contributed by atoms with Crippen LogP contribution in [0.2, 0.25) is 0 Å². The highest BCUT2D eigenvalue weighted by Crippen LogP contribution is 2.32. The predicted octanol–water partition coefficient (Wildman–Crippen LogP) is 22.0. The van der Waals surface area contributed by atoms with E-state index in [0.29, 0.717) is 9.79 Å². The molecular weight excluding hydrogens is 1060 g/mol. The first-order chi connectivity index (χ1) is 41.0. The molecule has 0 aromatic heterocycles. The van der Waals surface area contributed by atoms with Crippen LogP contribution in [-0.4, -0.2) is 8.42 Å². The van der Waals surface area contributed by atoms with Crippen molar-refractivity contribution in [3.8, 4) is 22.6 Å². The molecule has 0 amide bonds. The Labute approximate surface area is 517 Å². The first-order valence-corrected chi connectivity index (χ1v) is 31.1. The van der Waals surface area contributed by atoms with Gasteiger partial charge in [0.05, 0.1) is 9.79 Å². The van der Waals surface area contributed by atoms with E-state index in [1.54, 1.807) is 48.5 Å². The third-order valence-electron chi connectivity index (χ3n) is 14.8. The lowest BCUT2D eigenvalue weighted by molar-refractivity contribution is 0.482. The Morgan fingerprint density at radius 2 is 0.442 bits per heavy atom. The molecule has 86 heavy (non-hydrogen) atoms. The third kappa shape index (κ3) is 22.0. The van der Waals surface area contributed by atoms with Crippen LogP contribution in [-0.2, 0) is 21.7 Å². The van der Waals surface area contributed by atoms with Crippen molar-refractivity contribution in [2.45, 2.75) is 119 Å². The average molecular weight is 1150 g/mol. The molecule has 0 spiro atoms. The van der Waals surface area contributed by atoms with Gasteiger partial charge >= 0.3 is 0 Å². The Morgan fingerprint density at radius 1 is 0.256 bits per heavy atom. The van der Waals surface area contributed by atoms with E-state index in [2.05, 4.69) is 253 Å². The van der Waals surface area contributed by atoms with Gasteiger partial charge in [0.2, 0.25) is 9.84 Å². The van der Waals surface area contributed by atoms with Gasteiger partial charge in [-0.25, -0.2) is 8.42 Å². The van der Waals surface area contributed by atoms with Crippen molar-refractivity contribution in [1.29, 1.82) is 0 Å². The van der Waals surface area contributed by atoms with Gasteiger partial charge in [-0.15, -0.1) is 0 Å². The number of sulfone groups is 1. The lowest BCUT2D eigenvalue weighted by atomic mass is 9.78. The van der Waals surface area contributed by atoms with E-state index < -0.39 is 9.84 Å². The zero-order valence-electron chi connectivity index (χ0n) is 53.2. The van der Waals surface area contributed by atoms with Crippen LogP contribution in [0.5, 0.6) is 11.5 Å². The summed E-state index contributed by atoms with van der Waals surface area (Å²) < 4.78 is 30.2. The molecule has 0 aliphatic carbocycles. The average Bonchev–Trinajstić information content (AvgIpc) is 2.23. The molecule has 11 rings (SSSR count). The molecule has 0 saturated heterocycles. The quantitative estimate of drug-likeness (QED) is 0.145. The maximum absolute atomic E-state index is 12.3. The van der Waals surface area contributed by atoms with Gasteiger partial charge in [-0.2, -0.15) is 0 Å². The SMILES string of the molecule is Cc1ccc(-c2ccc(C)cc2)cc1.Cc1ccc(C(C)(C)c2ccc(C)cc2)cc1.Cc1ccc(C)cc1.Cc1ccc(Cc2ccc(C)cc2)cc1.Cc1ccc(Oc2ccc(C)cc2)cc1.Cc1ccc(S(=O)(=O)c2ccc(C)cc2)cc1. The summed E-state index contributed by atoms with van der Waals surface area (Å²) in [5.41, 5.74) is 23.3. The van der Waals surface area contributed by atoms with Crippen molar-refractivity contribution < 1.29 is 13.2 Å². The second-order valence-electron chi connectivity index (χ2n) is 23.2. The van der Waals surface area contributed by atoms with Crippen molar-refractivity contribution in [2.24, 2.45) is 0 Å². The Bertz CT molecular complexity index is 3500. The van der Waals surface area contributed by atoms with Crippen LogP contribution in [0.1, 0.15) is 103 Å². The van der Waals surface area contributed by atoms with Gasteiger partial charge in [0.15, 0.2) is 0 Å². The standard InChI is InChI=1S/C17H20.C15H16.C14H14O2S.C14H14O.C14H14.C8H10/c1-13-5-9-15(10-6-13)17(3,4)16-11-7-14(2)8-12-16;1-12-3-7-14(8-4-12)11-15-9-5-13(2)6-10-15;1-11-3-7-13(8-4-11)17(15,16)14-9-5-12(2)6-10-14;1-11-3-7-13(8-4-11)15-14-9-5-12(2)6-10-14;1-11-3-7-13(8-4-11)14-9-5-12(2)6-10-14;1-7-3-5-8(2)6-4-7/h5-12H,1-4H3;3-10H,11H2,1-2H3;3-10H,1-2H3;3-10H,1-2H3;3-10H,1-2H3;3-6H,1-2H3. The van der Waals surface area contributed by atoms with Gasteiger partial charge in [-0.3, -0.25) is 0 Å². The summed E-state index contributed by atoms with van der Waals surface area (Å²) in [5.74, 6) is 1.76. The molecule has 0 aliphatic heterocycles. The van der Waals surface area contributed by atoms with Gasteiger partial charge in [-0.05, 0) is 171 Å². The number of aryl methyl sites for hydroxylation is 12. The van der Waals surface area contributed by atoms with Gasteiger partial charge < -0.3 is 4.74 Å². The van der Waals surface area contributed by atoms with Gasteiger partial charge in [0, 0.05) is 5.41 Å². The first kappa shape index (κ1) is 66.3. The normalized spacial score (nSPS) is 10.6. The van der Waals surface area contributed by atoms with Crippen LogP contribution < -0.4 is 4.74 Å². The second kappa shape index (κ2) is 32.4. The van der Waals surface area contributed by atoms with Gasteiger partial charge in [-0.1, -0.05) is 299 Å². The minimum Gasteiger partial charge on any atom is -0.457 e. The Hall–Kier alpha value is -8.83. The van der Waals surface area contributed by atoms with Crippen LogP contribution in [0.15, 0.2) is 277 Å². The molecule has 0 radical (unpaired) electrons. The van der Waals surface area contributed by atoms with Crippen LogP contribution in [0, 0.1) is 83.1 Å². The molecule has 0 aliphatic rings. The van der Waals surface area contributed by atoms with E-state index in [9.17, 15) is 8.42 Å². The fraction of sp³-hybridized carbons (Fsp3) is 0.195. The molecule has 0 atom stereocenters. The molecule has 11 aromatic carbocycles. The largest absolute Gasteiger partial charge is 0.457 e. The van der Waals surface area contributed by atoms with E-state index in [4.69, 9.17) is 4.74 Å². The van der Waals surface area contributed by atoms with Crippen LogP contribution >= 0.6 is 0 Å². The minimum atomic E-state index is -3.37. The number of ether oxygens (including phenoxy) is 1. The topological polar surface area (TPSA) is 43.4 Å². The van der Waals surface area contributed by atoms with Crippen LogP contribution in [0.25, 0.3) is 11.1 Å². The number of hydrogen-bond acceptors (Lipinski definition) is 3. The molecule has 0 fully saturated rings. The Morgan fingerprint density at radius 3 is 0.686 bits per heavy atom. The van der Waals surface area contributed by atoms with Crippen molar-refractivity contribution in [1.82, 2.24) is 0 Å². The molecule has 440 valence electrons. The molecule has 4 heteroatoms. The smallest absolute Gasteiger partial charge is 0.206 e. The molecule has 0 N–H and O–H groups in total. The maximum atomic E-state index is 12.3. The molecule has 0 heterocycles. The van der Waals surface area contributed by atoms with E-state index in [1.807, 2.05) is 62.4 Å². The van der Waals surface area contributed by atoms with Crippen molar-refractivity contribution in [2.75, 3.05) is 0 Å². The Kier molecular flexibility index (Phi) is 25.0. The zero-order chi connectivity index (χ0) is 62.2.